The molecule has 1 unspecified atom stereocenters. The van der Waals surface area contributed by atoms with Crippen LogP contribution in [0.3, 0.4) is 0 Å². The zero-order chi connectivity index (χ0) is 13.7. The van der Waals surface area contributed by atoms with E-state index in [0.29, 0.717) is 12.6 Å². The molecule has 0 radical (unpaired) electrons. The summed E-state index contributed by atoms with van der Waals surface area (Å²) < 4.78 is 0. The van der Waals surface area contributed by atoms with E-state index in [4.69, 9.17) is 5.73 Å². The van der Waals surface area contributed by atoms with Gasteiger partial charge in [0.15, 0.2) is 0 Å². The Bertz CT molecular complexity index is 358. The third-order valence-corrected chi connectivity index (χ3v) is 4.71. The van der Waals surface area contributed by atoms with Crippen LogP contribution in [0.2, 0.25) is 0 Å². The van der Waals surface area contributed by atoms with Crippen molar-refractivity contribution in [2.75, 3.05) is 13.6 Å². The molecule has 106 valence electrons. The zero-order valence-corrected chi connectivity index (χ0v) is 12.3. The average molecular weight is 261 g/mol. The fourth-order valence-corrected chi connectivity index (χ4v) is 3.28. The first kappa shape index (κ1) is 14.5. The summed E-state index contributed by atoms with van der Waals surface area (Å²) in [6, 6.07) is 7.02. The normalized spacial score (nSPS) is 25.5. The van der Waals surface area contributed by atoms with Crippen molar-refractivity contribution < 1.29 is 0 Å². The molecule has 1 saturated carbocycles. The lowest BCUT2D eigenvalue weighted by atomic mass is 9.83. The predicted octanol–water partition coefficient (Wildman–Crippen LogP) is 2.98. The molecule has 1 aliphatic rings. The predicted molar refractivity (Wildman–Crippen MR) is 79.8 cm³/mol. The zero-order valence-electron chi connectivity index (χ0n) is 12.3. The van der Waals surface area contributed by atoms with Crippen molar-refractivity contribution in [1.82, 2.24) is 9.88 Å². The quantitative estimate of drug-likeness (QED) is 0.886. The van der Waals surface area contributed by atoms with Crippen molar-refractivity contribution >= 4 is 0 Å². The van der Waals surface area contributed by atoms with Gasteiger partial charge in [-0.3, -0.25) is 9.88 Å². The monoisotopic (exact) mass is 261 g/mol. The Balaban J connectivity index is 1.99. The number of hydrogen-bond donors (Lipinski definition) is 1. The minimum Gasteiger partial charge on any atom is -0.329 e. The number of pyridine rings is 1. The van der Waals surface area contributed by atoms with Crippen LogP contribution >= 0.6 is 0 Å². The summed E-state index contributed by atoms with van der Waals surface area (Å²) in [7, 11) is 2.21. The molecule has 1 heterocycles. The lowest BCUT2D eigenvalue weighted by Gasteiger charge is -2.38. The number of nitrogens with zero attached hydrogens (tertiary/aromatic N) is 2. The van der Waals surface area contributed by atoms with Gasteiger partial charge in [-0.05, 0) is 50.8 Å². The van der Waals surface area contributed by atoms with Gasteiger partial charge in [-0.1, -0.05) is 19.4 Å². The maximum atomic E-state index is 5.98. The molecule has 2 N–H and O–H groups in total. The SMILES string of the molecule is CCC1CCC(N(C)C(CN)c2ccccn2)CC1. The van der Waals surface area contributed by atoms with E-state index in [2.05, 4.69) is 29.9 Å². The van der Waals surface area contributed by atoms with Gasteiger partial charge in [0, 0.05) is 18.8 Å². The Kier molecular flexibility index (Phi) is 5.34. The first-order valence-electron chi connectivity index (χ1n) is 7.59. The van der Waals surface area contributed by atoms with Crippen molar-refractivity contribution in [2.24, 2.45) is 11.7 Å². The molecule has 0 aliphatic heterocycles. The minimum absolute atomic E-state index is 0.254. The van der Waals surface area contributed by atoms with Gasteiger partial charge in [-0.2, -0.15) is 0 Å². The molecule has 0 bridgehead atoms. The average Bonchev–Trinajstić information content (AvgIpc) is 2.49. The van der Waals surface area contributed by atoms with E-state index >= 15 is 0 Å². The molecule has 2 rings (SSSR count). The Morgan fingerprint density at radius 2 is 2.05 bits per heavy atom. The van der Waals surface area contributed by atoms with Crippen LogP contribution in [0.15, 0.2) is 24.4 Å². The standard InChI is InChI=1S/C16H27N3/c1-3-13-7-9-14(10-8-13)19(2)16(12-17)15-6-4-5-11-18-15/h4-6,11,13-14,16H,3,7-10,12,17H2,1-2H3. The van der Waals surface area contributed by atoms with E-state index in [1.807, 2.05) is 18.3 Å². The van der Waals surface area contributed by atoms with Crippen molar-refractivity contribution in [2.45, 2.75) is 51.1 Å². The van der Waals surface area contributed by atoms with Crippen LogP contribution < -0.4 is 5.73 Å². The van der Waals surface area contributed by atoms with Crippen LogP contribution in [-0.2, 0) is 0 Å². The minimum atomic E-state index is 0.254. The van der Waals surface area contributed by atoms with Gasteiger partial charge in [0.05, 0.1) is 11.7 Å². The summed E-state index contributed by atoms with van der Waals surface area (Å²) in [5.41, 5.74) is 7.09. The molecule has 19 heavy (non-hydrogen) atoms. The second-order valence-electron chi connectivity index (χ2n) is 5.75. The lowest BCUT2D eigenvalue weighted by molar-refractivity contribution is 0.120. The molecular formula is C16H27N3. The lowest BCUT2D eigenvalue weighted by Crippen LogP contribution is -2.41. The van der Waals surface area contributed by atoms with Crippen LogP contribution in [0.4, 0.5) is 0 Å². The van der Waals surface area contributed by atoms with E-state index in [9.17, 15) is 0 Å². The van der Waals surface area contributed by atoms with Crippen LogP contribution in [0, 0.1) is 5.92 Å². The van der Waals surface area contributed by atoms with Crippen molar-refractivity contribution in [3.8, 4) is 0 Å². The molecule has 1 aromatic heterocycles. The molecule has 3 nitrogen and oxygen atoms in total. The van der Waals surface area contributed by atoms with E-state index in [1.54, 1.807) is 0 Å². The van der Waals surface area contributed by atoms with Gasteiger partial charge >= 0.3 is 0 Å². The van der Waals surface area contributed by atoms with Crippen LogP contribution in [-0.4, -0.2) is 29.5 Å². The van der Waals surface area contributed by atoms with Crippen LogP contribution in [0.25, 0.3) is 0 Å². The number of rotatable bonds is 5. The molecule has 3 heteroatoms. The van der Waals surface area contributed by atoms with Crippen LogP contribution in [0.1, 0.15) is 50.8 Å². The Labute approximate surface area is 117 Å². The molecule has 0 aromatic carbocycles. The Morgan fingerprint density at radius 3 is 2.58 bits per heavy atom. The smallest absolute Gasteiger partial charge is 0.0644 e. The number of nitrogens with two attached hydrogens (primary N) is 1. The van der Waals surface area contributed by atoms with Gasteiger partial charge in [0.2, 0.25) is 0 Å². The third-order valence-electron chi connectivity index (χ3n) is 4.71. The molecule has 0 saturated heterocycles. The van der Waals surface area contributed by atoms with Gasteiger partial charge in [0.25, 0.3) is 0 Å². The van der Waals surface area contributed by atoms with E-state index in [1.165, 1.54) is 32.1 Å². The highest BCUT2D eigenvalue weighted by atomic mass is 15.2. The summed E-state index contributed by atoms with van der Waals surface area (Å²) in [4.78, 5) is 6.93. The molecular weight excluding hydrogens is 234 g/mol. The van der Waals surface area contributed by atoms with E-state index in [-0.39, 0.29) is 6.04 Å². The topological polar surface area (TPSA) is 42.1 Å². The van der Waals surface area contributed by atoms with Crippen molar-refractivity contribution in [1.29, 1.82) is 0 Å². The molecule has 1 aromatic rings. The fourth-order valence-electron chi connectivity index (χ4n) is 3.28. The fraction of sp³-hybridized carbons (Fsp3) is 0.688. The summed E-state index contributed by atoms with van der Waals surface area (Å²) in [5.74, 6) is 0.941. The van der Waals surface area contributed by atoms with Gasteiger partial charge in [-0.15, -0.1) is 0 Å². The van der Waals surface area contributed by atoms with Crippen molar-refractivity contribution in [3.63, 3.8) is 0 Å². The maximum absolute atomic E-state index is 5.98. The maximum Gasteiger partial charge on any atom is 0.0644 e. The van der Waals surface area contributed by atoms with Crippen LogP contribution in [0.5, 0.6) is 0 Å². The molecule has 0 spiro atoms. The summed E-state index contributed by atoms with van der Waals surface area (Å²) in [6.45, 7) is 2.95. The highest BCUT2D eigenvalue weighted by Crippen LogP contribution is 2.32. The van der Waals surface area contributed by atoms with E-state index < -0.39 is 0 Å². The van der Waals surface area contributed by atoms with E-state index in [0.717, 1.165) is 11.6 Å². The number of hydrogen-bond acceptors (Lipinski definition) is 3. The third kappa shape index (κ3) is 3.54. The Hall–Kier alpha value is -0.930. The number of likely N-dealkylation sites (N-methyl/N-ethyl adjacent to an activating group) is 1. The first-order valence-corrected chi connectivity index (χ1v) is 7.59. The largest absolute Gasteiger partial charge is 0.329 e. The van der Waals surface area contributed by atoms with Gasteiger partial charge in [0.1, 0.15) is 0 Å². The first-order chi connectivity index (χ1) is 9.26. The summed E-state index contributed by atoms with van der Waals surface area (Å²) >= 11 is 0. The summed E-state index contributed by atoms with van der Waals surface area (Å²) in [5, 5.41) is 0. The van der Waals surface area contributed by atoms with Crippen molar-refractivity contribution in [3.05, 3.63) is 30.1 Å². The molecule has 1 aliphatic carbocycles. The second kappa shape index (κ2) is 7.01. The second-order valence-corrected chi connectivity index (χ2v) is 5.75. The highest BCUT2D eigenvalue weighted by molar-refractivity contribution is 5.09. The number of aromatic nitrogens is 1. The molecule has 0 amide bonds. The van der Waals surface area contributed by atoms with Gasteiger partial charge < -0.3 is 5.73 Å². The molecule has 1 fully saturated rings. The Morgan fingerprint density at radius 1 is 1.32 bits per heavy atom. The highest BCUT2D eigenvalue weighted by Gasteiger charge is 2.27. The summed E-state index contributed by atoms with van der Waals surface area (Å²) in [6.07, 6.45) is 8.53. The van der Waals surface area contributed by atoms with Gasteiger partial charge in [-0.25, -0.2) is 0 Å². The molecule has 1 atom stereocenters.